The fraction of sp³-hybridized carbons (Fsp3) is 0.823. The van der Waals surface area contributed by atoms with Crippen LogP contribution in [0.25, 0.3) is 0 Å². The summed E-state index contributed by atoms with van der Waals surface area (Å²) >= 11 is 0. The summed E-state index contributed by atoms with van der Waals surface area (Å²) in [5, 5.41) is 25.5. The summed E-state index contributed by atoms with van der Waals surface area (Å²) in [6.07, 6.45) is 53.5. The lowest BCUT2D eigenvalue weighted by Gasteiger charge is -2.72. The van der Waals surface area contributed by atoms with Gasteiger partial charge in [-0.15, -0.1) is 0 Å². The molecule has 7 aliphatic rings. The van der Waals surface area contributed by atoms with Gasteiger partial charge in [0.05, 0.1) is 10.9 Å². The molecule has 0 radical (unpaired) electrons. The molecule has 8 rings (SSSR count). The zero-order valence-electron chi connectivity index (χ0n) is 58.8. The monoisotopic (exact) mass is 1280 g/mol. The van der Waals surface area contributed by atoms with Crippen molar-refractivity contribution >= 4 is 21.8 Å². The third kappa shape index (κ3) is 17.6. The maximum Gasteiger partial charge on any atom is 0.318 e. The van der Waals surface area contributed by atoms with Gasteiger partial charge in [0.2, 0.25) is 12.7 Å². The van der Waals surface area contributed by atoms with Crippen LogP contribution < -0.4 is 10.1 Å². The molecular formula is C79H127N3O8S. The van der Waals surface area contributed by atoms with Gasteiger partial charge < -0.3 is 24.6 Å². The molecule has 5 saturated carbocycles. The molecule has 0 saturated heterocycles. The summed E-state index contributed by atoms with van der Waals surface area (Å²) in [5.74, 6) is 2.00. The van der Waals surface area contributed by atoms with Crippen molar-refractivity contribution in [1.82, 2.24) is 10.3 Å². The molecule has 512 valence electrons. The Kier molecular flexibility index (Phi) is 26.5. The van der Waals surface area contributed by atoms with Crippen LogP contribution in [0.15, 0.2) is 53.8 Å². The number of carbonyl (C=O) groups excluding carboxylic acids is 2. The van der Waals surface area contributed by atoms with E-state index in [9.17, 15) is 28.4 Å². The van der Waals surface area contributed by atoms with E-state index in [1.165, 1.54) is 183 Å². The molecule has 0 aliphatic heterocycles. The summed E-state index contributed by atoms with van der Waals surface area (Å²) in [7, 11) is -3.10. The second kappa shape index (κ2) is 32.9. The van der Waals surface area contributed by atoms with Gasteiger partial charge >= 0.3 is 11.9 Å². The fourth-order valence-corrected chi connectivity index (χ4v) is 21.8. The number of hydrogen-bond donors (Lipinski definition) is 2. The highest BCUT2D eigenvalue weighted by Gasteiger charge is 2.70. The molecule has 5 fully saturated rings. The number of carbonyl (C=O) groups is 2. The van der Waals surface area contributed by atoms with Crippen molar-refractivity contribution < 1.29 is 37.3 Å². The van der Waals surface area contributed by atoms with E-state index in [1.807, 2.05) is 0 Å². The molecule has 10 atom stereocenters. The molecular weight excluding hydrogens is 1150 g/mol. The quantitative estimate of drug-likeness (QED) is 0.0282. The predicted molar refractivity (Wildman–Crippen MR) is 370 cm³/mol. The highest BCUT2D eigenvalue weighted by Crippen LogP contribution is 2.77. The van der Waals surface area contributed by atoms with E-state index < -0.39 is 33.6 Å². The first-order chi connectivity index (χ1) is 43.5. The van der Waals surface area contributed by atoms with E-state index in [2.05, 4.69) is 83.6 Å². The number of rotatable bonds is 37. The zero-order chi connectivity index (χ0) is 65.4. The van der Waals surface area contributed by atoms with Crippen molar-refractivity contribution in [2.45, 2.75) is 328 Å². The van der Waals surface area contributed by atoms with Crippen molar-refractivity contribution in [3.63, 3.8) is 0 Å². The summed E-state index contributed by atoms with van der Waals surface area (Å²) in [6, 6.07) is 5.55. The normalized spacial score (nSPS) is 32.6. The maximum atomic E-state index is 14.4. The number of nitrogens with one attached hydrogen (secondary N) is 1. The van der Waals surface area contributed by atoms with Crippen molar-refractivity contribution in [2.24, 2.45) is 56.7 Å². The molecule has 7 aliphatic carbocycles. The molecule has 1 aromatic heterocycles. The van der Waals surface area contributed by atoms with E-state index in [0.717, 1.165) is 51.5 Å². The van der Waals surface area contributed by atoms with Crippen LogP contribution >= 0.6 is 0 Å². The lowest BCUT2D eigenvalue weighted by molar-refractivity contribution is -0.221. The van der Waals surface area contributed by atoms with Crippen LogP contribution in [0.5, 0.6) is 5.88 Å². The van der Waals surface area contributed by atoms with E-state index in [-0.39, 0.29) is 50.9 Å². The number of esters is 2. The number of unbranched alkanes of at least 4 members (excludes halogenated alkanes) is 22. The van der Waals surface area contributed by atoms with Gasteiger partial charge in [-0.05, 0) is 204 Å². The molecule has 11 nitrogen and oxygen atoms in total. The number of allylic oxidation sites excluding steroid dienone is 5. The smallest absolute Gasteiger partial charge is 0.318 e. The molecule has 0 spiro atoms. The first kappa shape index (κ1) is 73.3. The number of ether oxygens (including phenoxy) is 3. The molecule has 0 amide bonds. The van der Waals surface area contributed by atoms with Crippen molar-refractivity contribution in [2.75, 3.05) is 26.2 Å². The molecule has 1 heterocycles. The number of pyridine rings is 1. The van der Waals surface area contributed by atoms with Gasteiger partial charge in [0.1, 0.15) is 33.5 Å². The average molecular weight is 1280 g/mol. The van der Waals surface area contributed by atoms with Crippen LogP contribution in [0.2, 0.25) is 0 Å². The molecule has 0 aromatic carbocycles. The Hall–Kier alpha value is -3.53. The highest BCUT2D eigenvalue weighted by molar-refractivity contribution is 7.91. The second-order valence-electron chi connectivity index (χ2n) is 32.4. The zero-order valence-corrected chi connectivity index (χ0v) is 59.6. The van der Waals surface area contributed by atoms with Gasteiger partial charge in [-0.2, -0.15) is 5.26 Å². The van der Waals surface area contributed by atoms with Crippen molar-refractivity contribution in [3.05, 3.63) is 59.3 Å². The Labute approximate surface area is 554 Å². The molecule has 0 bridgehead atoms. The molecule has 1 aromatic rings. The van der Waals surface area contributed by atoms with Gasteiger partial charge in [-0.3, -0.25) is 9.59 Å². The Bertz CT molecular complexity index is 2760. The third-order valence-corrected chi connectivity index (χ3v) is 28.0. The number of hydrogen-bond acceptors (Lipinski definition) is 11. The number of nitriles is 1. The fourth-order valence-electron chi connectivity index (χ4n) is 20.7. The topological polar surface area (TPSA) is 165 Å². The predicted octanol–water partition coefficient (Wildman–Crippen LogP) is 19.5. The largest absolute Gasteiger partial charge is 0.475 e. The standard InChI is InChI=1S/C79H127N3O8S/c1-10-11-12-13-14-15-16-17-18-19-20-21-22-23-24-25-26-27-28-29-30-31-32-35-69(83)89-59-90-72(84)77(58-88-71-62(57-80)34-33-55-81-71)47-38-61(39-48-77)65-43-45-74(6)67(73(65,4)5)44-46-76(8)68(74)37-36-66-70-64(60(2)3)42-51-79(70,53-52-75(66,76)7)82-56-54-78(85)49-40-63(41-50-78)91(9,86)87/h33-34,38,43,55,63-64,66-68,70,82,85H,2,10-32,35-37,39-42,44-54,56,58-59H2,1,3-9H3/t63-,64-,66+,67-,68+,70+,74-,75+,76+,77+,78+,79-/m0/s1. The van der Waals surface area contributed by atoms with Crippen LogP contribution in [0, 0.1) is 68.0 Å². The molecule has 2 N–H and O–H groups in total. The van der Waals surface area contributed by atoms with E-state index in [0.29, 0.717) is 92.9 Å². The van der Waals surface area contributed by atoms with Crippen LogP contribution in [-0.2, 0) is 28.9 Å². The first-order valence-electron chi connectivity index (χ1n) is 37.5. The Morgan fingerprint density at radius 2 is 1.32 bits per heavy atom. The highest BCUT2D eigenvalue weighted by atomic mass is 32.2. The Morgan fingerprint density at radius 1 is 0.714 bits per heavy atom. The summed E-state index contributed by atoms with van der Waals surface area (Å²) < 4.78 is 42.3. The lowest BCUT2D eigenvalue weighted by Crippen LogP contribution is -2.68. The van der Waals surface area contributed by atoms with E-state index in [4.69, 9.17) is 14.2 Å². The summed E-state index contributed by atoms with van der Waals surface area (Å²) in [5.41, 5.74) is 2.85. The van der Waals surface area contributed by atoms with Crippen LogP contribution in [0.4, 0.5) is 0 Å². The lowest BCUT2D eigenvalue weighted by atomic mass is 9.33. The minimum atomic E-state index is -3.10. The number of sulfone groups is 1. The molecule has 12 heteroatoms. The Balaban J connectivity index is 0.802. The minimum absolute atomic E-state index is 0.0121. The minimum Gasteiger partial charge on any atom is -0.475 e. The van der Waals surface area contributed by atoms with Gasteiger partial charge in [0.15, 0.2) is 0 Å². The summed E-state index contributed by atoms with van der Waals surface area (Å²) in [4.78, 5) is 31.7. The van der Waals surface area contributed by atoms with E-state index >= 15 is 0 Å². The summed E-state index contributed by atoms with van der Waals surface area (Å²) in [6.45, 7) is 22.5. The number of aliphatic hydroxyl groups is 1. The van der Waals surface area contributed by atoms with Crippen molar-refractivity contribution in [3.8, 4) is 11.9 Å². The van der Waals surface area contributed by atoms with Crippen LogP contribution in [0.3, 0.4) is 0 Å². The second-order valence-corrected chi connectivity index (χ2v) is 34.7. The number of fused-ring (bicyclic) bond motifs is 7. The maximum absolute atomic E-state index is 14.4. The van der Waals surface area contributed by atoms with Crippen LogP contribution in [0.1, 0.15) is 317 Å². The van der Waals surface area contributed by atoms with Gasteiger partial charge in [0.25, 0.3) is 0 Å². The van der Waals surface area contributed by atoms with Gasteiger partial charge in [0, 0.05) is 24.4 Å². The first-order valence-corrected chi connectivity index (χ1v) is 39.5. The molecule has 0 unspecified atom stereocenters. The molecule has 91 heavy (non-hydrogen) atoms. The Morgan fingerprint density at radius 3 is 1.88 bits per heavy atom. The SMILES string of the molecule is C=C(C)[C@@H]1CC[C@]2(NCC[C@]3(O)CC[C@@H](S(C)(=O)=O)CC3)CC[C@]3(C)[C@H](CC[C@@H]4[C@@]5(C)CC=C(C6=CC[C@@](COc7ncccc7C#N)(C(=O)OCOC(=O)CCCCCCCCCCCCCCCCCCCCCCCCC)CC6)C(C)(C)[C@@H]5CC[C@]43C)[C@@H]12. The third-order valence-electron chi connectivity index (χ3n) is 26.3. The van der Waals surface area contributed by atoms with E-state index in [1.54, 1.807) is 18.3 Å². The van der Waals surface area contributed by atoms with Crippen LogP contribution in [-0.4, -0.2) is 73.0 Å². The van der Waals surface area contributed by atoms with Crippen molar-refractivity contribution in [1.29, 1.82) is 5.26 Å². The van der Waals surface area contributed by atoms with Gasteiger partial charge in [-0.25, -0.2) is 13.4 Å². The number of nitrogens with zero attached hydrogens (tertiary/aromatic N) is 2. The van der Waals surface area contributed by atoms with Gasteiger partial charge in [-0.1, -0.05) is 207 Å². The average Bonchev–Trinajstić information content (AvgIpc) is 1.56. The number of aromatic nitrogens is 1.